The Kier molecular flexibility index (Phi) is 3.05. The van der Waals surface area contributed by atoms with E-state index >= 15 is 0 Å². The van der Waals surface area contributed by atoms with Gasteiger partial charge >= 0.3 is 0 Å². The first kappa shape index (κ1) is 11.9. The topological polar surface area (TPSA) is 52.0 Å². The molecule has 0 aliphatic rings. The third kappa shape index (κ3) is 2.25. The van der Waals surface area contributed by atoms with E-state index in [1.165, 1.54) is 5.56 Å². The molecular formula is C16H16N2O. The molecule has 3 rings (SSSR count). The smallest absolute Gasteiger partial charge is 0.192 e. The van der Waals surface area contributed by atoms with Crippen LogP contribution in [-0.4, -0.2) is 11.5 Å². The summed E-state index contributed by atoms with van der Waals surface area (Å²) in [6.07, 6.45) is 0. The van der Waals surface area contributed by atoms with E-state index in [1.54, 1.807) is 0 Å². The summed E-state index contributed by atoms with van der Waals surface area (Å²) in [4.78, 5) is 4.31. The van der Waals surface area contributed by atoms with Crippen LogP contribution in [0.3, 0.4) is 0 Å². The van der Waals surface area contributed by atoms with Crippen LogP contribution in [0.2, 0.25) is 0 Å². The molecule has 96 valence electrons. The Bertz CT molecular complexity index is 688. The second-order valence-corrected chi connectivity index (χ2v) is 4.66. The fraction of sp³-hybridized carbons (Fsp3) is 0.188. The first-order valence-corrected chi connectivity index (χ1v) is 6.40. The number of aryl methyl sites for hydroxylation is 1. The molecular weight excluding hydrogens is 236 g/mol. The van der Waals surface area contributed by atoms with Crippen molar-refractivity contribution in [1.82, 2.24) is 4.98 Å². The molecule has 0 saturated heterocycles. The standard InChI is InChI=1S/C16H16N2O/c1-11-18-15-8-7-13(9-16(15)19-11)14(10-17)12-5-3-2-4-6-12/h2-9,14H,10,17H2,1H3. The maximum absolute atomic E-state index is 5.94. The van der Waals surface area contributed by atoms with Crippen molar-refractivity contribution in [2.24, 2.45) is 5.73 Å². The first-order chi connectivity index (χ1) is 9.28. The highest BCUT2D eigenvalue weighted by Gasteiger charge is 2.13. The second-order valence-electron chi connectivity index (χ2n) is 4.66. The Morgan fingerprint density at radius 2 is 1.89 bits per heavy atom. The van der Waals surface area contributed by atoms with Crippen molar-refractivity contribution in [3.05, 3.63) is 65.5 Å². The molecule has 0 saturated carbocycles. The molecule has 2 aromatic carbocycles. The average Bonchev–Trinajstić information content (AvgIpc) is 2.80. The fourth-order valence-corrected chi connectivity index (χ4v) is 2.42. The van der Waals surface area contributed by atoms with Gasteiger partial charge in [-0.1, -0.05) is 36.4 Å². The van der Waals surface area contributed by atoms with Crippen LogP contribution in [0, 0.1) is 6.92 Å². The summed E-state index contributed by atoms with van der Waals surface area (Å²) < 4.78 is 5.59. The van der Waals surface area contributed by atoms with Gasteiger partial charge in [-0.25, -0.2) is 4.98 Å². The number of nitrogens with two attached hydrogens (primary N) is 1. The number of rotatable bonds is 3. The third-order valence-corrected chi connectivity index (χ3v) is 3.36. The van der Waals surface area contributed by atoms with Crippen LogP contribution < -0.4 is 5.73 Å². The molecule has 1 atom stereocenters. The highest BCUT2D eigenvalue weighted by molar-refractivity contribution is 5.73. The predicted molar refractivity (Wildman–Crippen MR) is 76.1 cm³/mol. The number of fused-ring (bicyclic) bond motifs is 1. The maximum Gasteiger partial charge on any atom is 0.192 e. The molecule has 1 heterocycles. The lowest BCUT2D eigenvalue weighted by Gasteiger charge is -2.15. The van der Waals surface area contributed by atoms with Gasteiger partial charge in [0, 0.05) is 19.4 Å². The molecule has 3 nitrogen and oxygen atoms in total. The van der Waals surface area contributed by atoms with Crippen LogP contribution >= 0.6 is 0 Å². The van der Waals surface area contributed by atoms with Crippen molar-refractivity contribution in [1.29, 1.82) is 0 Å². The van der Waals surface area contributed by atoms with Crippen molar-refractivity contribution >= 4 is 11.1 Å². The number of oxazole rings is 1. The van der Waals surface area contributed by atoms with E-state index in [1.807, 2.05) is 37.3 Å². The van der Waals surface area contributed by atoms with Gasteiger partial charge in [-0.3, -0.25) is 0 Å². The van der Waals surface area contributed by atoms with Gasteiger partial charge in [-0.15, -0.1) is 0 Å². The first-order valence-electron chi connectivity index (χ1n) is 6.40. The summed E-state index contributed by atoms with van der Waals surface area (Å²) >= 11 is 0. The van der Waals surface area contributed by atoms with Crippen LogP contribution in [-0.2, 0) is 0 Å². The van der Waals surface area contributed by atoms with Crippen molar-refractivity contribution < 1.29 is 4.42 Å². The zero-order valence-corrected chi connectivity index (χ0v) is 10.8. The van der Waals surface area contributed by atoms with Gasteiger partial charge in [0.2, 0.25) is 0 Å². The van der Waals surface area contributed by atoms with Gasteiger partial charge in [-0.05, 0) is 23.3 Å². The van der Waals surface area contributed by atoms with Gasteiger partial charge in [0.1, 0.15) is 5.52 Å². The summed E-state index contributed by atoms with van der Waals surface area (Å²) in [7, 11) is 0. The Morgan fingerprint density at radius 1 is 1.11 bits per heavy atom. The highest BCUT2D eigenvalue weighted by atomic mass is 16.3. The molecule has 0 radical (unpaired) electrons. The SMILES string of the molecule is Cc1nc2ccc(C(CN)c3ccccc3)cc2o1. The summed E-state index contributed by atoms with van der Waals surface area (Å²) in [5, 5.41) is 0. The van der Waals surface area contributed by atoms with E-state index in [9.17, 15) is 0 Å². The van der Waals surface area contributed by atoms with E-state index < -0.39 is 0 Å². The minimum atomic E-state index is 0.191. The number of benzene rings is 2. The van der Waals surface area contributed by atoms with Crippen molar-refractivity contribution in [2.45, 2.75) is 12.8 Å². The average molecular weight is 252 g/mol. The van der Waals surface area contributed by atoms with Crippen molar-refractivity contribution in [2.75, 3.05) is 6.54 Å². The Morgan fingerprint density at radius 3 is 2.63 bits per heavy atom. The molecule has 1 aromatic heterocycles. The number of nitrogens with zero attached hydrogens (tertiary/aromatic N) is 1. The van der Waals surface area contributed by atoms with Crippen molar-refractivity contribution in [3.8, 4) is 0 Å². The van der Waals surface area contributed by atoms with Crippen LogP contribution in [0.5, 0.6) is 0 Å². The molecule has 3 aromatic rings. The van der Waals surface area contributed by atoms with E-state index in [0.29, 0.717) is 12.4 Å². The van der Waals surface area contributed by atoms with E-state index in [4.69, 9.17) is 10.2 Å². The van der Waals surface area contributed by atoms with Gasteiger partial charge < -0.3 is 10.2 Å². The number of aromatic nitrogens is 1. The number of hydrogen-bond donors (Lipinski definition) is 1. The predicted octanol–water partition coefficient (Wildman–Crippen LogP) is 3.23. The zero-order valence-electron chi connectivity index (χ0n) is 10.8. The molecule has 0 aliphatic heterocycles. The summed E-state index contributed by atoms with van der Waals surface area (Å²) in [5.41, 5.74) is 10.0. The highest BCUT2D eigenvalue weighted by Crippen LogP contribution is 2.26. The molecule has 0 fully saturated rings. The lowest BCUT2D eigenvalue weighted by molar-refractivity contribution is 0.560. The minimum absolute atomic E-state index is 0.191. The summed E-state index contributed by atoms with van der Waals surface area (Å²) in [5.74, 6) is 0.882. The lowest BCUT2D eigenvalue weighted by atomic mass is 9.91. The Balaban J connectivity index is 2.06. The lowest BCUT2D eigenvalue weighted by Crippen LogP contribution is -2.13. The van der Waals surface area contributed by atoms with E-state index in [2.05, 4.69) is 23.2 Å². The molecule has 19 heavy (non-hydrogen) atoms. The number of hydrogen-bond acceptors (Lipinski definition) is 3. The van der Waals surface area contributed by atoms with Crippen LogP contribution in [0.15, 0.2) is 52.9 Å². The Labute approximate surface area is 112 Å². The van der Waals surface area contributed by atoms with E-state index in [0.717, 1.165) is 16.7 Å². The largest absolute Gasteiger partial charge is 0.441 e. The van der Waals surface area contributed by atoms with Crippen LogP contribution in [0.1, 0.15) is 22.9 Å². The van der Waals surface area contributed by atoms with Gasteiger partial charge in [0.05, 0.1) is 0 Å². The Hall–Kier alpha value is -2.13. The molecule has 0 spiro atoms. The van der Waals surface area contributed by atoms with Gasteiger partial charge in [-0.2, -0.15) is 0 Å². The molecule has 0 aliphatic carbocycles. The fourth-order valence-electron chi connectivity index (χ4n) is 2.42. The molecule has 1 unspecified atom stereocenters. The monoisotopic (exact) mass is 252 g/mol. The normalized spacial score (nSPS) is 12.7. The molecule has 0 bridgehead atoms. The second kappa shape index (κ2) is 4.86. The molecule has 0 amide bonds. The van der Waals surface area contributed by atoms with Gasteiger partial charge in [0.15, 0.2) is 11.5 Å². The van der Waals surface area contributed by atoms with E-state index in [-0.39, 0.29) is 5.92 Å². The third-order valence-electron chi connectivity index (χ3n) is 3.36. The summed E-state index contributed by atoms with van der Waals surface area (Å²) in [6, 6.07) is 16.4. The zero-order chi connectivity index (χ0) is 13.2. The van der Waals surface area contributed by atoms with Crippen molar-refractivity contribution in [3.63, 3.8) is 0 Å². The molecule has 3 heteroatoms. The quantitative estimate of drug-likeness (QED) is 0.778. The summed E-state index contributed by atoms with van der Waals surface area (Å²) in [6.45, 7) is 2.43. The van der Waals surface area contributed by atoms with Crippen LogP contribution in [0.25, 0.3) is 11.1 Å². The molecule has 2 N–H and O–H groups in total. The van der Waals surface area contributed by atoms with Crippen LogP contribution in [0.4, 0.5) is 0 Å². The maximum atomic E-state index is 5.94. The minimum Gasteiger partial charge on any atom is -0.441 e. The van der Waals surface area contributed by atoms with Gasteiger partial charge in [0.25, 0.3) is 0 Å².